The zero-order chi connectivity index (χ0) is 26.7. The summed E-state index contributed by atoms with van der Waals surface area (Å²) < 4.78 is 0.928. The van der Waals surface area contributed by atoms with Crippen molar-refractivity contribution in [3.8, 4) is 0 Å². The molecule has 0 saturated carbocycles. The summed E-state index contributed by atoms with van der Waals surface area (Å²) in [5.74, 6) is -1.07. The highest BCUT2D eigenvalue weighted by atomic mass is 79.9. The Balaban J connectivity index is 1.56. The van der Waals surface area contributed by atoms with Gasteiger partial charge in [-0.2, -0.15) is 0 Å². The first-order chi connectivity index (χ1) is 18.3. The van der Waals surface area contributed by atoms with Gasteiger partial charge < -0.3 is 5.32 Å². The molecule has 2 amide bonds. The molecular weight excluding hydrogens is 546 g/mol. The van der Waals surface area contributed by atoms with E-state index in [1.165, 1.54) is 6.07 Å². The first kappa shape index (κ1) is 23.8. The van der Waals surface area contributed by atoms with E-state index in [1.54, 1.807) is 30.3 Å². The van der Waals surface area contributed by atoms with E-state index in [0.717, 1.165) is 31.3 Å². The molecule has 0 spiro atoms. The van der Waals surface area contributed by atoms with Crippen LogP contribution >= 0.6 is 15.9 Å². The summed E-state index contributed by atoms with van der Waals surface area (Å²) in [6.45, 7) is 3.88. The zero-order valence-corrected chi connectivity index (χ0v) is 22.0. The minimum Gasteiger partial charge on any atom is -0.349 e. The fourth-order valence-electron chi connectivity index (χ4n) is 5.03. The molecule has 0 atom stereocenters. The third-order valence-electron chi connectivity index (χ3n) is 7.18. The van der Waals surface area contributed by atoms with E-state index in [2.05, 4.69) is 21.2 Å². The lowest BCUT2D eigenvalue weighted by molar-refractivity contribution is -0.383. The van der Waals surface area contributed by atoms with Crippen LogP contribution in [0.4, 0.5) is 22.7 Å². The van der Waals surface area contributed by atoms with E-state index in [-0.39, 0.29) is 16.9 Å². The van der Waals surface area contributed by atoms with Crippen molar-refractivity contribution in [2.45, 2.75) is 13.8 Å². The molecule has 0 radical (unpaired) electrons. The largest absolute Gasteiger partial charge is 0.349 e. The van der Waals surface area contributed by atoms with Gasteiger partial charge in [0.2, 0.25) is 0 Å². The third kappa shape index (κ3) is 3.56. The Bertz CT molecular complexity index is 1860. The molecule has 0 bridgehead atoms. The highest BCUT2D eigenvalue weighted by Crippen LogP contribution is 2.43. The quantitative estimate of drug-likeness (QED) is 0.136. The van der Waals surface area contributed by atoms with Crippen LogP contribution in [0.15, 0.2) is 83.3 Å². The van der Waals surface area contributed by atoms with Gasteiger partial charge in [-0.3, -0.25) is 19.7 Å². The van der Waals surface area contributed by atoms with Gasteiger partial charge in [-0.05, 0) is 66.1 Å². The second-order valence-electron chi connectivity index (χ2n) is 9.25. The Labute approximate surface area is 226 Å². The van der Waals surface area contributed by atoms with Gasteiger partial charge in [-0.1, -0.05) is 58.4 Å². The Morgan fingerprint density at radius 2 is 1.55 bits per heavy atom. The maximum atomic E-state index is 13.8. The number of fused-ring (bicyclic) bond motifs is 1. The number of anilines is 3. The van der Waals surface area contributed by atoms with Gasteiger partial charge in [0, 0.05) is 32.6 Å². The molecule has 1 heterocycles. The molecule has 1 aliphatic heterocycles. The van der Waals surface area contributed by atoms with E-state index in [4.69, 9.17) is 0 Å². The van der Waals surface area contributed by atoms with Crippen molar-refractivity contribution in [2.75, 3.05) is 10.2 Å². The number of benzene rings is 5. The van der Waals surface area contributed by atoms with Gasteiger partial charge in [0.1, 0.15) is 5.69 Å². The predicted molar refractivity (Wildman–Crippen MR) is 153 cm³/mol. The number of halogens is 1. The summed E-state index contributed by atoms with van der Waals surface area (Å²) in [4.78, 5) is 40.4. The van der Waals surface area contributed by atoms with Crippen LogP contribution in [0, 0.1) is 24.0 Å². The Morgan fingerprint density at radius 1 is 0.816 bits per heavy atom. The number of carbonyl (C=O) groups excluding carboxylic acids is 2. The molecule has 0 fully saturated rings. The summed E-state index contributed by atoms with van der Waals surface area (Å²) in [6, 6.07) is 23.0. The summed E-state index contributed by atoms with van der Waals surface area (Å²) in [6.07, 6.45) is 0. The number of amides is 2. The van der Waals surface area contributed by atoms with Gasteiger partial charge in [0.25, 0.3) is 17.5 Å². The Morgan fingerprint density at radius 3 is 2.32 bits per heavy atom. The van der Waals surface area contributed by atoms with Crippen molar-refractivity contribution in [3.05, 3.63) is 116 Å². The van der Waals surface area contributed by atoms with Crippen molar-refractivity contribution in [3.63, 3.8) is 0 Å². The maximum absolute atomic E-state index is 13.8. The molecule has 6 rings (SSSR count). The molecule has 0 unspecified atom stereocenters. The van der Waals surface area contributed by atoms with Crippen LogP contribution < -0.4 is 10.2 Å². The average Bonchev–Trinajstić information content (AvgIpc) is 2.92. The third-order valence-corrected chi connectivity index (χ3v) is 8.04. The number of hydrogen-bond acceptors (Lipinski definition) is 5. The van der Waals surface area contributed by atoms with Crippen molar-refractivity contribution in [2.24, 2.45) is 0 Å². The Kier molecular flexibility index (Phi) is 5.50. The Hall–Kier alpha value is -4.56. The molecule has 5 aromatic carbocycles. The second kappa shape index (κ2) is 8.78. The SMILES string of the molecule is Cc1c(Br)ccc(Nc2c([N+](=O)[O-])cc3c4c(cccc24)C(=O)N(c2ccc4ccccc4c2)C3=O)c1C. The van der Waals surface area contributed by atoms with E-state index >= 15 is 0 Å². The van der Waals surface area contributed by atoms with Gasteiger partial charge in [-0.25, -0.2) is 4.90 Å². The highest BCUT2D eigenvalue weighted by molar-refractivity contribution is 9.10. The van der Waals surface area contributed by atoms with E-state index < -0.39 is 16.7 Å². The molecule has 186 valence electrons. The topological polar surface area (TPSA) is 92.6 Å². The molecule has 7 nitrogen and oxygen atoms in total. The number of nitro groups is 1. The van der Waals surface area contributed by atoms with Gasteiger partial charge in [0.15, 0.2) is 0 Å². The van der Waals surface area contributed by atoms with Gasteiger partial charge in [0.05, 0.1) is 16.2 Å². The molecule has 1 aliphatic rings. The van der Waals surface area contributed by atoms with Gasteiger partial charge >= 0.3 is 0 Å². The molecule has 5 aromatic rings. The number of nitrogens with zero attached hydrogens (tertiary/aromatic N) is 2. The van der Waals surface area contributed by atoms with Crippen LogP contribution in [-0.4, -0.2) is 16.7 Å². The number of carbonyl (C=O) groups is 2. The standard InChI is InChI=1S/C30H20BrN3O4/c1-16-17(2)25(13-12-24(16)31)32-28-21-8-5-9-22-27(21)23(15-26(28)34(37)38)30(36)33(29(22)35)20-11-10-18-6-3-4-7-19(18)14-20/h3-15,32H,1-2H3. The van der Waals surface area contributed by atoms with Crippen LogP contribution in [-0.2, 0) is 0 Å². The number of rotatable bonds is 4. The lowest BCUT2D eigenvalue weighted by Gasteiger charge is -2.28. The molecule has 0 aliphatic carbocycles. The van der Waals surface area contributed by atoms with Crippen molar-refractivity contribution < 1.29 is 14.5 Å². The molecule has 38 heavy (non-hydrogen) atoms. The number of nitro benzene ring substituents is 1. The van der Waals surface area contributed by atoms with Crippen molar-refractivity contribution in [1.29, 1.82) is 0 Å². The number of nitrogens with one attached hydrogen (secondary N) is 1. The zero-order valence-electron chi connectivity index (χ0n) is 20.4. The molecular formula is C30H20BrN3O4. The molecule has 1 N–H and O–H groups in total. The average molecular weight is 566 g/mol. The van der Waals surface area contributed by atoms with Crippen LogP contribution in [0.5, 0.6) is 0 Å². The summed E-state index contributed by atoms with van der Waals surface area (Å²) >= 11 is 3.51. The fraction of sp³-hybridized carbons (Fsp3) is 0.0667. The second-order valence-corrected chi connectivity index (χ2v) is 10.1. The first-order valence-electron chi connectivity index (χ1n) is 11.9. The normalized spacial score (nSPS) is 12.9. The van der Waals surface area contributed by atoms with Crippen LogP contribution in [0.1, 0.15) is 31.8 Å². The highest BCUT2D eigenvalue weighted by Gasteiger charge is 2.37. The summed E-state index contributed by atoms with van der Waals surface area (Å²) in [5, 5.41) is 18.2. The maximum Gasteiger partial charge on any atom is 0.294 e. The fourth-order valence-corrected chi connectivity index (χ4v) is 5.46. The van der Waals surface area contributed by atoms with E-state index in [9.17, 15) is 19.7 Å². The van der Waals surface area contributed by atoms with Gasteiger partial charge in [-0.15, -0.1) is 0 Å². The van der Waals surface area contributed by atoms with Crippen LogP contribution in [0.3, 0.4) is 0 Å². The minimum atomic E-state index is -0.598. The summed E-state index contributed by atoms with van der Waals surface area (Å²) in [7, 11) is 0. The molecule has 8 heteroatoms. The minimum absolute atomic E-state index is 0.115. The predicted octanol–water partition coefficient (Wildman–Crippen LogP) is 7.82. The molecule has 0 saturated heterocycles. The van der Waals surface area contributed by atoms with Crippen LogP contribution in [0.2, 0.25) is 0 Å². The first-order valence-corrected chi connectivity index (χ1v) is 12.7. The van der Waals surface area contributed by atoms with E-state index in [0.29, 0.717) is 27.7 Å². The number of imide groups is 1. The lowest BCUT2D eigenvalue weighted by Crippen LogP contribution is -2.40. The van der Waals surface area contributed by atoms with Crippen molar-refractivity contribution >= 4 is 72.0 Å². The molecule has 0 aromatic heterocycles. The monoisotopic (exact) mass is 565 g/mol. The smallest absolute Gasteiger partial charge is 0.294 e. The summed E-state index contributed by atoms with van der Waals surface area (Å²) in [5.41, 5.74) is 3.44. The lowest BCUT2D eigenvalue weighted by atomic mass is 9.91. The van der Waals surface area contributed by atoms with Crippen molar-refractivity contribution in [1.82, 2.24) is 0 Å². The number of hydrogen-bond donors (Lipinski definition) is 1. The van der Waals surface area contributed by atoms with Crippen LogP contribution in [0.25, 0.3) is 21.5 Å². The van der Waals surface area contributed by atoms with E-state index in [1.807, 2.05) is 56.3 Å².